The lowest BCUT2D eigenvalue weighted by Gasteiger charge is -2.41. The molecule has 1 aromatic rings. The fourth-order valence-corrected chi connectivity index (χ4v) is 8.89. The second-order valence-corrected chi connectivity index (χ2v) is 12.0. The Labute approximate surface area is 217 Å². The Kier molecular flexibility index (Phi) is 7.90. The molecule has 3 fully saturated rings. The SMILES string of the molecule is CCCNC(=O)[C@@H]1[C@@H]2CC(C)C3(S2)C(C(=O)Nc2ccc(OC)cc2)N([C@@H](CO)[C@@H](C)CC)C(=O)[C@H]13. The first kappa shape index (κ1) is 26.8. The summed E-state index contributed by atoms with van der Waals surface area (Å²) >= 11 is 1.65. The molecule has 0 aromatic heterocycles. The van der Waals surface area contributed by atoms with Crippen molar-refractivity contribution >= 4 is 35.2 Å². The molecular weight excluding hydrogens is 478 g/mol. The van der Waals surface area contributed by atoms with Crippen molar-refractivity contribution in [1.82, 2.24) is 10.2 Å². The van der Waals surface area contributed by atoms with Gasteiger partial charge in [-0.3, -0.25) is 14.4 Å². The summed E-state index contributed by atoms with van der Waals surface area (Å²) in [5, 5.41) is 16.4. The van der Waals surface area contributed by atoms with Crippen LogP contribution in [0.1, 0.15) is 47.0 Å². The van der Waals surface area contributed by atoms with Crippen molar-refractivity contribution in [3.63, 3.8) is 0 Å². The number of aliphatic hydroxyl groups excluding tert-OH is 1. The molecule has 9 heteroatoms. The number of nitrogens with zero attached hydrogens (tertiary/aromatic N) is 1. The maximum absolute atomic E-state index is 14.2. The molecule has 3 unspecified atom stereocenters. The van der Waals surface area contributed by atoms with Gasteiger partial charge in [0.1, 0.15) is 11.8 Å². The third kappa shape index (κ3) is 4.18. The van der Waals surface area contributed by atoms with Gasteiger partial charge in [-0.25, -0.2) is 0 Å². The van der Waals surface area contributed by atoms with Crippen molar-refractivity contribution in [3.8, 4) is 5.75 Å². The average molecular weight is 518 g/mol. The van der Waals surface area contributed by atoms with E-state index in [0.29, 0.717) is 18.0 Å². The molecule has 1 spiro atoms. The number of aliphatic hydroxyl groups is 1. The van der Waals surface area contributed by atoms with Gasteiger partial charge in [-0.2, -0.15) is 0 Å². The van der Waals surface area contributed by atoms with Gasteiger partial charge in [-0.1, -0.05) is 34.1 Å². The van der Waals surface area contributed by atoms with Crippen LogP contribution in [0.3, 0.4) is 0 Å². The molecule has 8 atom stereocenters. The molecule has 36 heavy (non-hydrogen) atoms. The number of carbonyl (C=O) groups excluding carboxylic acids is 3. The topological polar surface area (TPSA) is 108 Å². The summed E-state index contributed by atoms with van der Waals surface area (Å²) in [7, 11) is 1.58. The Morgan fingerprint density at radius 3 is 2.53 bits per heavy atom. The Morgan fingerprint density at radius 1 is 1.25 bits per heavy atom. The summed E-state index contributed by atoms with van der Waals surface area (Å²) in [6.07, 6.45) is 2.35. The van der Waals surface area contributed by atoms with Crippen molar-refractivity contribution in [2.45, 2.75) is 69.0 Å². The van der Waals surface area contributed by atoms with E-state index in [4.69, 9.17) is 4.74 Å². The minimum Gasteiger partial charge on any atom is -0.497 e. The Morgan fingerprint density at radius 2 is 1.94 bits per heavy atom. The lowest BCUT2D eigenvalue weighted by Crippen LogP contribution is -2.58. The summed E-state index contributed by atoms with van der Waals surface area (Å²) in [4.78, 5) is 43.2. The second kappa shape index (κ2) is 10.6. The number of benzene rings is 1. The molecule has 0 saturated carbocycles. The third-order valence-corrected chi connectivity index (χ3v) is 10.6. The molecule has 8 nitrogen and oxygen atoms in total. The van der Waals surface area contributed by atoms with Gasteiger partial charge in [-0.05, 0) is 48.9 Å². The number of anilines is 1. The Hall–Kier alpha value is -2.26. The second-order valence-electron chi connectivity index (χ2n) is 10.4. The zero-order valence-electron chi connectivity index (χ0n) is 21.8. The van der Waals surface area contributed by atoms with Gasteiger partial charge >= 0.3 is 0 Å². The summed E-state index contributed by atoms with van der Waals surface area (Å²) < 4.78 is 4.51. The fraction of sp³-hybridized carbons (Fsp3) is 0.667. The molecular formula is C27H39N3O5S. The number of nitrogens with one attached hydrogen (secondary N) is 2. The zero-order chi connectivity index (χ0) is 26.2. The normalized spacial score (nSPS) is 32.2. The molecule has 0 radical (unpaired) electrons. The van der Waals surface area contributed by atoms with Gasteiger partial charge in [0, 0.05) is 17.5 Å². The molecule has 3 aliphatic heterocycles. The number of hydrogen-bond donors (Lipinski definition) is 3. The zero-order valence-corrected chi connectivity index (χ0v) is 22.6. The highest BCUT2D eigenvalue weighted by Gasteiger charge is 2.76. The van der Waals surface area contributed by atoms with E-state index in [1.165, 1.54) is 0 Å². The van der Waals surface area contributed by atoms with E-state index in [1.54, 1.807) is 48.0 Å². The Bertz CT molecular complexity index is 988. The number of carbonyl (C=O) groups is 3. The van der Waals surface area contributed by atoms with Crippen LogP contribution < -0.4 is 15.4 Å². The number of ether oxygens (including phenoxy) is 1. The van der Waals surface area contributed by atoms with Gasteiger partial charge in [0.15, 0.2) is 0 Å². The number of rotatable bonds is 10. The number of amides is 3. The van der Waals surface area contributed by atoms with E-state index in [0.717, 1.165) is 19.3 Å². The molecule has 3 saturated heterocycles. The number of thioether (sulfide) groups is 1. The quantitative estimate of drug-likeness (QED) is 0.441. The smallest absolute Gasteiger partial charge is 0.248 e. The minimum absolute atomic E-state index is 0.000387. The van der Waals surface area contributed by atoms with Crippen molar-refractivity contribution in [2.75, 3.05) is 25.6 Å². The average Bonchev–Trinajstić information content (AvgIpc) is 3.47. The van der Waals surface area contributed by atoms with Crippen molar-refractivity contribution in [3.05, 3.63) is 24.3 Å². The highest BCUT2D eigenvalue weighted by Crippen LogP contribution is 2.69. The molecule has 3 N–H and O–H groups in total. The number of fused-ring (bicyclic) bond motifs is 1. The van der Waals surface area contributed by atoms with Crippen LogP contribution in [-0.2, 0) is 14.4 Å². The number of hydrogen-bond acceptors (Lipinski definition) is 6. The number of likely N-dealkylation sites (tertiary alicyclic amines) is 1. The van der Waals surface area contributed by atoms with E-state index in [-0.39, 0.29) is 41.4 Å². The van der Waals surface area contributed by atoms with Crippen LogP contribution >= 0.6 is 11.8 Å². The fourth-order valence-electron chi connectivity index (χ4n) is 6.48. The minimum atomic E-state index is -0.780. The molecule has 0 aliphatic carbocycles. The highest BCUT2D eigenvalue weighted by molar-refractivity contribution is 8.02. The standard InChI is InChI=1S/C27H39N3O5S/c1-6-12-28-24(32)21-20-13-16(4)27(36-20)22(21)26(34)30(19(14-31)15(3)7-2)23(27)25(33)29-17-8-10-18(35-5)11-9-17/h8-11,15-16,19-23,31H,6-7,12-14H2,1-5H3,(H,28,32)(H,29,33)/t15-,16?,19-,20-,21+,22-,23?,27?/m0/s1. The van der Waals surface area contributed by atoms with E-state index < -0.39 is 28.7 Å². The summed E-state index contributed by atoms with van der Waals surface area (Å²) in [6.45, 7) is 8.45. The summed E-state index contributed by atoms with van der Waals surface area (Å²) in [5.74, 6) is -0.849. The van der Waals surface area contributed by atoms with Gasteiger partial charge in [0.05, 0.1) is 36.3 Å². The molecule has 1 aromatic carbocycles. The molecule has 198 valence electrons. The highest BCUT2D eigenvalue weighted by atomic mass is 32.2. The maximum Gasteiger partial charge on any atom is 0.248 e. The van der Waals surface area contributed by atoms with E-state index >= 15 is 0 Å². The van der Waals surface area contributed by atoms with Crippen molar-refractivity contribution < 1.29 is 24.2 Å². The van der Waals surface area contributed by atoms with Crippen LogP contribution in [0.25, 0.3) is 0 Å². The van der Waals surface area contributed by atoms with E-state index in [9.17, 15) is 19.5 Å². The third-order valence-electron chi connectivity index (χ3n) is 8.49. The molecule has 4 rings (SSSR count). The van der Waals surface area contributed by atoms with Gasteiger partial charge in [0.25, 0.3) is 0 Å². The number of methoxy groups -OCH3 is 1. The summed E-state index contributed by atoms with van der Waals surface area (Å²) in [6, 6.07) is 5.81. The monoisotopic (exact) mass is 517 g/mol. The van der Waals surface area contributed by atoms with Crippen LogP contribution in [0.15, 0.2) is 24.3 Å². The molecule has 2 bridgehead atoms. The van der Waals surface area contributed by atoms with Crippen molar-refractivity contribution in [2.24, 2.45) is 23.7 Å². The van der Waals surface area contributed by atoms with Crippen LogP contribution in [0.5, 0.6) is 5.75 Å². The lowest BCUT2D eigenvalue weighted by atomic mass is 9.66. The van der Waals surface area contributed by atoms with Gasteiger partial charge in [-0.15, -0.1) is 11.8 Å². The van der Waals surface area contributed by atoms with Crippen LogP contribution in [0, 0.1) is 23.7 Å². The first-order valence-corrected chi connectivity index (χ1v) is 14.0. The first-order valence-electron chi connectivity index (χ1n) is 13.1. The maximum atomic E-state index is 14.2. The Balaban J connectivity index is 1.76. The van der Waals surface area contributed by atoms with Crippen LogP contribution in [0.2, 0.25) is 0 Å². The lowest BCUT2D eigenvalue weighted by molar-refractivity contribution is -0.143. The summed E-state index contributed by atoms with van der Waals surface area (Å²) in [5.41, 5.74) is 0.611. The first-order chi connectivity index (χ1) is 17.2. The van der Waals surface area contributed by atoms with E-state index in [2.05, 4.69) is 17.6 Å². The molecule has 3 amide bonds. The predicted molar refractivity (Wildman–Crippen MR) is 141 cm³/mol. The van der Waals surface area contributed by atoms with Crippen molar-refractivity contribution in [1.29, 1.82) is 0 Å². The van der Waals surface area contributed by atoms with E-state index in [1.807, 2.05) is 20.8 Å². The van der Waals surface area contributed by atoms with Gasteiger partial charge < -0.3 is 25.4 Å². The van der Waals surface area contributed by atoms with Crippen LogP contribution in [0.4, 0.5) is 5.69 Å². The molecule has 3 heterocycles. The largest absolute Gasteiger partial charge is 0.497 e. The predicted octanol–water partition coefficient (Wildman–Crippen LogP) is 2.90. The van der Waals surface area contributed by atoms with Crippen LogP contribution in [-0.4, -0.2) is 70.1 Å². The molecule has 3 aliphatic rings. The van der Waals surface area contributed by atoms with Gasteiger partial charge in [0.2, 0.25) is 17.7 Å².